The molecule has 0 radical (unpaired) electrons. The smallest absolute Gasteiger partial charge is 0.315 e. The van der Waals surface area contributed by atoms with Gasteiger partial charge in [-0.3, -0.25) is 4.79 Å². The summed E-state index contributed by atoms with van der Waals surface area (Å²) in [5, 5.41) is 8.86. The average Bonchev–Trinajstić information content (AvgIpc) is 2.42. The second kappa shape index (κ2) is 5.78. The first kappa shape index (κ1) is 12.8. The number of rotatable bonds is 3. The van der Waals surface area contributed by atoms with Crippen molar-refractivity contribution in [1.29, 1.82) is 5.26 Å². The molecule has 0 saturated carbocycles. The minimum Gasteiger partial charge on any atom is -0.425 e. The van der Waals surface area contributed by atoms with E-state index in [-0.39, 0.29) is 23.3 Å². The molecule has 0 bridgehead atoms. The van der Waals surface area contributed by atoms with Crippen molar-refractivity contribution in [2.75, 3.05) is 0 Å². The number of carbonyl (C=O) groups is 1. The van der Waals surface area contributed by atoms with Crippen LogP contribution in [0.2, 0.25) is 0 Å². The maximum atomic E-state index is 13.4. The lowest BCUT2D eigenvalue weighted by Gasteiger charge is -2.06. The van der Waals surface area contributed by atoms with Crippen molar-refractivity contribution in [2.45, 2.75) is 6.42 Å². The molecule has 0 heterocycles. The lowest BCUT2D eigenvalue weighted by atomic mass is 10.1. The van der Waals surface area contributed by atoms with Crippen LogP contribution in [0.1, 0.15) is 11.1 Å². The summed E-state index contributed by atoms with van der Waals surface area (Å²) in [5.41, 5.74) is 0.534. The monoisotopic (exact) mass is 255 g/mol. The molecule has 0 atom stereocenters. The molecular weight excluding hydrogens is 245 g/mol. The number of hydrogen-bond acceptors (Lipinski definition) is 3. The maximum Gasteiger partial charge on any atom is 0.315 e. The van der Waals surface area contributed by atoms with Crippen molar-refractivity contribution in [1.82, 2.24) is 0 Å². The van der Waals surface area contributed by atoms with E-state index in [0.29, 0.717) is 0 Å². The molecule has 0 fully saturated rings. The zero-order valence-corrected chi connectivity index (χ0v) is 9.97. The van der Waals surface area contributed by atoms with E-state index in [1.165, 1.54) is 18.2 Å². The lowest BCUT2D eigenvalue weighted by molar-refractivity contribution is -0.133. The topological polar surface area (TPSA) is 50.1 Å². The predicted molar refractivity (Wildman–Crippen MR) is 66.9 cm³/mol. The minimum atomic E-state index is -0.604. The minimum absolute atomic E-state index is 0.174. The third kappa shape index (κ3) is 3.17. The highest BCUT2D eigenvalue weighted by atomic mass is 19.1. The van der Waals surface area contributed by atoms with Gasteiger partial charge in [-0.15, -0.1) is 0 Å². The average molecular weight is 255 g/mol. The first-order valence-electron chi connectivity index (χ1n) is 5.64. The van der Waals surface area contributed by atoms with Crippen LogP contribution in [-0.2, 0) is 11.2 Å². The molecule has 0 saturated heterocycles. The Kier molecular flexibility index (Phi) is 3.89. The zero-order chi connectivity index (χ0) is 13.7. The summed E-state index contributed by atoms with van der Waals surface area (Å²) in [6, 6.07) is 14.3. The first-order chi connectivity index (χ1) is 9.20. The molecule has 0 aliphatic carbocycles. The van der Waals surface area contributed by atoms with Gasteiger partial charge < -0.3 is 4.74 Å². The molecule has 2 aromatic rings. The van der Waals surface area contributed by atoms with E-state index in [2.05, 4.69) is 0 Å². The van der Waals surface area contributed by atoms with Gasteiger partial charge in [0, 0.05) is 0 Å². The number of halogens is 1. The Balaban J connectivity index is 2.11. The van der Waals surface area contributed by atoms with Crippen LogP contribution in [-0.4, -0.2) is 5.97 Å². The molecule has 0 unspecified atom stereocenters. The molecule has 0 spiro atoms. The maximum absolute atomic E-state index is 13.4. The zero-order valence-electron chi connectivity index (χ0n) is 9.97. The number of carbonyl (C=O) groups excluding carboxylic acids is 1. The number of para-hydroxylation sites is 1. The summed E-state index contributed by atoms with van der Waals surface area (Å²) < 4.78 is 18.4. The van der Waals surface area contributed by atoms with Crippen LogP contribution in [0.15, 0.2) is 48.5 Å². The summed E-state index contributed by atoms with van der Waals surface area (Å²) in [6.07, 6.45) is -0.174. The number of benzene rings is 2. The Morgan fingerprint density at radius 2 is 1.84 bits per heavy atom. The Hall–Kier alpha value is -2.67. The number of ether oxygens (including phenoxy) is 1. The second-order valence-electron chi connectivity index (χ2n) is 3.85. The predicted octanol–water partition coefficient (Wildman–Crippen LogP) is 2.85. The molecule has 3 nitrogen and oxygen atoms in total. The quantitative estimate of drug-likeness (QED) is 0.626. The van der Waals surface area contributed by atoms with Gasteiger partial charge in [0.2, 0.25) is 0 Å². The second-order valence-corrected chi connectivity index (χ2v) is 3.85. The molecule has 0 N–H and O–H groups in total. The van der Waals surface area contributed by atoms with Crippen LogP contribution < -0.4 is 4.74 Å². The fraction of sp³-hybridized carbons (Fsp3) is 0.0667. The lowest BCUT2D eigenvalue weighted by Crippen LogP contribution is -2.12. The van der Waals surface area contributed by atoms with Gasteiger partial charge in [-0.25, -0.2) is 4.39 Å². The fourth-order valence-electron chi connectivity index (χ4n) is 1.60. The van der Waals surface area contributed by atoms with Crippen molar-refractivity contribution in [3.05, 3.63) is 65.5 Å². The van der Waals surface area contributed by atoms with E-state index >= 15 is 0 Å². The van der Waals surface area contributed by atoms with Gasteiger partial charge in [0.1, 0.15) is 17.6 Å². The third-order valence-corrected chi connectivity index (χ3v) is 2.52. The van der Waals surface area contributed by atoms with Crippen LogP contribution >= 0.6 is 0 Å². The molecule has 2 aromatic carbocycles. The molecule has 2 rings (SSSR count). The van der Waals surface area contributed by atoms with Crippen LogP contribution in [0.5, 0.6) is 5.75 Å². The van der Waals surface area contributed by atoms with Crippen molar-refractivity contribution < 1.29 is 13.9 Å². The fourth-order valence-corrected chi connectivity index (χ4v) is 1.60. The normalized spacial score (nSPS) is 9.68. The van der Waals surface area contributed by atoms with E-state index < -0.39 is 11.8 Å². The van der Waals surface area contributed by atoms with E-state index in [0.717, 1.165) is 0 Å². The molecule has 0 amide bonds. The third-order valence-electron chi connectivity index (χ3n) is 2.52. The van der Waals surface area contributed by atoms with E-state index in [1.807, 2.05) is 6.07 Å². The molecule has 19 heavy (non-hydrogen) atoms. The molecular formula is C15H10FNO2. The van der Waals surface area contributed by atoms with Crippen molar-refractivity contribution in [3.63, 3.8) is 0 Å². The summed E-state index contributed by atoms with van der Waals surface area (Å²) in [4.78, 5) is 11.7. The van der Waals surface area contributed by atoms with Crippen LogP contribution in [0.25, 0.3) is 0 Å². The van der Waals surface area contributed by atoms with Gasteiger partial charge in [-0.05, 0) is 23.8 Å². The Morgan fingerprint density at radius 1 is 1.16 bits per heavy atom. The van der Waals surface area contributed by atoms with Gasteiger partial charge in [0.05, 0.1) is 12.0 Å². The highest BCUT2D eigenvalue weighted by Gasteiger charge is 2.11. The number of esters is 1. The number of nitriles is 1. The Bertz CT molecular complexity index is 647. The number of nitrogens with zero attached hydrogens (tertiary/aromatic N) is 1. The van der Waals surface area contributed by atoms with Gasteiger partial charge in [0.15, 0.2) is 0 Å². The molecule has 4 heteroatoms. The summed E-state index contributed by atoms with van der Waals surface area (Å²) in [7, 11) is 0. The van der Waals surface area contributed by atoms with E-state index in [1.54, 1.807) is 30.3 Å². The van der Waals surface area contributed by atoms with E-state index in [9.17, 15) is 9.18 Å². The first-order valence-corrected chi connectivity index (χ1v) is 5.64. The molecule has 0 aliphatic rings. The Morgan fingerprint density at radius 3 is 2.58 bits per heavy atom. The largest absolute Gasteiger partial charge is 0.425 e. The van der Waals surface area contributed by atoms with Gasteiger partial charge in [-0.2, -0.15) is 5.26 Å². The van der Waals surface area contributed by atoms with Gasteiger partial charge in [0.25, 0.3) is 0 Å². The highest BCUT2D eigenvalue weighted by molar-refractivity contribution is 5.75. The Labute approximate surface area is 109 Å². The van der Waals surface area contributed by atoms with Crippen LogP contribution in [0.3, 0.4) is 0 Å². The summed E-state index contributed by atoms with van der Waals surface area (Å²) in [5.74, 6) is -0.868. The van der Waals surface area contributed by atoms with Gasteiger partial charge >= 0.3 is 5.97 Å². The highest BCUT2D eigenvalue weighted by Crippen LogP contribution is 2.17. The number of hydrogen-bond donors (Lipinski definition) is 0. The van der Waals surface area contributed by atoms with E-state index in [4.69, 9.17) is 10.00 Å². The van der Waals surface area contributed by atoms with Gasteiger partial charge in [-0.1, -0.05) is 30.3 Å². The molecule has 0 aromatic heterocycles. The van der Waals surface area contributed by atoms with Crippen LogP contribution in [0, 0.1) is 17.1 Å². The summed E-state index contributed by atoms with van der Waals surface area (Å²) in [6.45, 7) is 0. The van der Waals surface area contributed by atoms with Crippen molar-refractivity contribution in [2.24, 2.45) is 0 Å². The van der Waals surface area contributed by atoms with Crippen LogP contribution in [0.4, 0.5) is 4.39 Å². The molecule has 0 aliphatic heterocycles. The SMILES string of the molecule is N#Cc1ccccc1OC(=O)Cc1ccccc1F. The van der Waals surface area contributed by atoms with Crippen molar-refractivity contribution in [3.8, 4) is 11.8 Å². The summed E-state index contributed by atoms with van der Waals surface area (Å²) >= 11 is 0. The van der Waals surface area contributed by atoms with Crippen molar-refractivity contribution >= 4 is 5.97 Å². The molecule has 94 valence electrons. The standard InChI is InChI=1S/C15H10FNO2/c16-13-7-3-1-5-11(13)9-15(18)19-14-8-4-2-6-12(14)10-17/h1-8H,9H2.